The molecule has 0 saturated carbocycles. The molecule has 1 fully saturated rings. The van der Waals surface area contributed by atoms with Crippen molar-refractivity contribution >= 4 is 11.6 Å². The maximum Gasteiger partial charge on any atom is 0.270 e. The third kappa shape index (κ3) is 4.16. The average molecular weight is 413 g/mol. The molecule has 0 bridgehead atoms. The van der Waals surface area contributed by atoms with Crippen molar-refractivity contribution in [3.8, 4) is 17.2 Å². The van der Waals surface area contributed by atoms with Crippen molar-refractivity contribution in [3.63, 3.8) is 0 Å². The minimum Gasteiger partial charge on any atom is -0.496 e. The van der Waals surface area contributed by atoms with E-state index in [1.165, 1.54) is 25.3 Å². The molecule has 2 aromatic rings. The van der Waals surface area contributed by atoms with Crippen molar-refractivity contribution < 1.29 is 23.9 Å². The molecule has 9 nitrogen and oxygen atoms in total. The number of carbonyl (C=O) groups excluding carboxylic acids is 1. The van der Waals surface area contributed by atoms with Crippen molar-refractivity contribution in [1.82, 2.24) is 9.80 Å². The van der Waals surface area contributed by atoms with Crippen molar-refractivity contribution in [1.29, 1.82) is 0 Å². The molecule has 2 aromatic carbocycles. The molecule has 0 aromatic heterocycles. The number of piperazine rings is 1. The van der Waals surface area contributed by atoms with Crippen LogP contribution in [0, 0.1) is 10.1 Å². The number of amides is 1. The second-order valence-corrected chi connectivity index (χ2v) is 7.19. The molecule has 0 aliphatic carbocycles. The van der Waals surface area contributed by atoms with Gasteiger partial charge in [-0.05, 0) is 23.8 Å². The first kappa shape index (κ1) is 20.0. The fraction of sp³-hybridized carbons (Fsp3) is 0.381. The molecule has 2 aliphatic rings. The van der Waals surface area contributed by atoms with E-state index in [9.17, 15) is 14.9 Å². The number of fused-ring (bicyclic) bond motifs is 1. The summed E-state index contributed by atoms with van der Waals surface area (Å²) in [5.74, 6) is 1.62. The van der Waals surface area contributed by atoms with Gasteiger partial charge in [-0.3, -0.25) is 19.8 Å². The molecular formula is C21H23N3O6. The average Bonchev–Trinajstić information content (AvgIpc) is 2.78. The number of non-ortho nitro benzene ring substituents is 1. The van der Waals surface area contributed by atoms with Gasteiger partial charge in [0.25, 0.3) is 11.6 Å². The number of hydrogen-bond donors (Lipinski definition) is 0. The molecular weight excluding hydrogens is 390 g/mol. The van der Waals surface area contributed by atoms with Crippen LogP contribution in [0.3, 0.4) is 0 Å². The predicted molar refractivity (Wildman–Crippen MR) is 108 cm³/mol. The first-order valence-corrected chi connectivity index (χ1v) is 9.78. The molecule has 0 radical (unpaired) electrons. The van der Waals surface area contributed by atoms with E-state index in [2.05, 4.69) is 4.90 Å². The van der Waals surface area contributed by atoms with Crippen LogP contribution in [0.5, 0.6) is 17.2 Å². The lowest BCUT2D eigenvalue weighted by atomic mass is 10.1. The van der Waals surface area contributed by atoms with Gasteiger partial charge in [0, 0.05) is 44.9 Å². The first-order valence-electron chi connectivity index (χ1n) is 9.78. The fourth-order valence-electron chi connectivity index (χ4n) is 3.70. The van der Waals surface area contributed by atoms with E-state index in [1.54, 1.807) is 4.90 Å². The molecule has 2 aliphatic heterocycles. The van der Waals surface area contributed by atoms with Crippen LogP contribution in [0.4, 0.5) is 5.69 Å². The topological polar surface area (TPSA) is 94.4 Å². The van der Waals surface area contributed by atoms with Crippen LogP contribution in [-0.4, -0.2) is 67.1 Å². The Labute approximate surface area is 173 Å². The van der Waals surface area contributed by atoms with Gasteiger partial charge in [-0.15, -0.1) is 0 Å². The van der Waals surface area contributed by atoms with Crippen molar-refractivity contribution in [2.75, 3.05) is 46.5 Å². The van der Waals surface area contributed by atoms with E-state index in [1.807, 2.05) is 18.2 Å². The summed E-state index contributed by atoms with van der Waals surface area (Å²) < 4.78 is 16.4. The third-order valence-corrected chi connectivity index (χ3v) is 5.30. The first-order chi connectivity index (χ1) is 14.5. The zero-order chi connectivity index (χ0) is 21.1. The predicted octanol–water partition coefficient (Wildman–Crippen LogP) is 2.33. The molecule has 1 amide bonds. The van der Waals surface area contributed by atoms with E-state index in [0.717, 1.165) is 23.6 Å². The summed E-state index contributed by atoms with van der Waals surface area (Å²) in [6.07, 6.45) is 0. The van der Waals surface area contributed by atoms with Crippen LogP contribution in [-0.2, 0) is 6.54 Å². The Morgan fingerprint density at radius 1 is 1.07 bits per heavy atom. The van der Waals surface area contributed by atoms with E-state index >= 15 is 0 Å². The summed E-state index contributed by atoms with van der Waals surface area (Å²) in [6, 6.07) is 10.0. The number of hydrogen-bond acceptors (Lipinski definition) is 7. The third-order valence-electron chi connectivity index (χ3n) is 5.30. The van der Waals surface area contributed by atoms with Crippen LogP contribution < -0.4 is 14.2 Å². The Bertz CT molecular complexity index is 956. The highest BCUT2D eigenvalue weighted by Gasteiger charge is 2.26. The zero-order valence-electron chi connectivity index (χ0n) is 16.7. The van der Waals surface area contributed by atoms with Gasteiger partial charge in [0.15, 0.2) is 11.5 Å². The molecule has 2 heterocycles. The zero-order valence-corrected chi connectivity index (χ0v) is 16.7. The lowest BCUT2D eigenvalue weighted by Crippen LogP contribution is -2.48. The highest BCUT2D eigenvalue weighted by molar-refractivity contribution is 5.97. The fourth-order valence-corrected chi connectivity index (χ4v) is 3.70. The van der Waals surface area contributed by atoms with Crippen LogP contribution >= 0.6 is 0 Å². The number of nitro benzene ring substituents is 1. The molecule has 1 saturated heterocycles. The highest BCUT2D eigenvalue weighted by atomic mass is 16.6. The van der Waals surface area contributed by atoms with E-state index < -0.39 is 4.92 Å². The number of rotatable bonds is 5. The van der Waals surface area contributed by atoms with Crippen molar-refractivity contribution in [3.05, 3.63) is 57.6 Å². The molecule has 4 rings (SSSR count). The summed E-state index contributed by atoms with van der Waals surface area (Å²) >= 11 is 0. The lowest BCUT2D eigenvalue weighted by Gasteiger charge is -2.35. The molecule has 30 heavy (non-hydrogen) atoms. The molecule has 0 unspecified atom stereocenters. The van der Waals surface area contributed by atoms with Gasteiger partial charge in [-0.25, -0.2) is 0 Å². The van der Waals surface area contributed by atoms with Crippen LogP contribution in [0.1, 0.15) is 15.9 Å². The van der Waals surface area contributed by atoms with Gasteiger partial charge in [0.2, 0.25) is 0 Å². The molecule has 0 N–H and O–H groups in total. The molecule has 158 valence electrons. The Morgan fingerprint density at radius 3 is 2.50 bits per heavy atom. The van der Waals surface area contributed by atoms with Gasteiger partial charge in [0.1, 0.15) is 19.0 Å². The molecule has 9 heteroatoms. The van der Waals surface area contributed by atoms with Crippen LogP contribution in [0.15, 0.2) is 36.4 Å². The second-order valence-electron chi connectivity index (χ2n) is 7.19. The number of carbonyl (C=O) groups is 1. The van der Waals surface area contributed by atoms with Gasteiger partial charge < -0.3 is 19.1 Å². The minimum atomic E-state index is -0.512. The minimum absolute atomic E-state index is 0.128. The number of nitro groups is 1. The monoisotopic (exact) mass is 413 g/mol. The Hall–Kier alpha value is -3.33. The summed E-state index contributed by atoms with van der Waals surface area (Å²) in [7, 11) is 1.45. The smallest absolute Gasteiger partial charge is 0.270 e. The van der Waals surface area contributed by atoms with E-state index in [0.29, 0.717) is 45.1 Å². The summed E-state index contributed by atoms with van der Waals surface area (Å²) in [5.41, 5.74) is 1.21. The van der Waals surface area contributed by atoms with Gasteiger partial charge >= 0.3 is 0 Å². The second kappa shape index (κ2) is 8.58. The van der Waals surface area contributed by atoms with Gasteiger partial charge in [-0.1, -0.05) is 6.07 Å². The number of methoxy groups -OCH3 is 1. The van der Waals surface area contributed by atoms with E-state index in [-0.39, 0.29) is 17.2 Å². The highest BCUT2D eigenvalue weighted by Crippen LogP contribution is 2.31. The van der Waals surface area contributed by atoms with Crippen LogP contribution in [0.2, 0.25) is 0 Å². The van der Waals surface area contributed by atoms with Gasteiger partial charge in [0.05, 0.1) is 17.6 Å². The number of ether oxygens (including phenoxy) is 3. The molecule has 0 atom stereocenters. The van der Waals surface area contributed by atoms with Crippen LogP contribution in [0.25, 0.3) is 0 Å². The van der Waals surface area contributed by atoms with Crippen molar-refractivity contribution in [2.45, 2.75) is 6.54 Å². The number of nitrogens with zero attached hydrogens (tertiary/aromatic N) is 3. The maximum atomic E-state index is 13.0. The normalized spacial score (nSPS) is 16.2. The number of benzene rings is 2. The summed E-state index contributed by atoms with van der Waals surface area (Å²) in [5, 5.41) is 11.1. The Balaban J connectivity index is 1.39. The summed E-state index contributed by atoms with van der Waals surface area (Å²) in [6.45, 7) is 4.36. The Kier molecular flexibility index (Phi) is 5.71. The van der Waals surface area contributed by atoms with Crippen molar-refractivity contribution in [2.24, 2.45) is 0 Å². The largest absolute Gasteiger partial charge is 0.496 e. The quantitative estimate of drug-likeness (QED) is 0.548. The molecule has 0 spiro atoms. The lowest BCUT2D eigenvalue weighted by molar-refractivity contribution is -0.384. The maximum absolute atomic E-state index is 13.0. The SMILES string of the molecule is COc1ccc([N+](=O)[O-])cc1C(=O)N1CCN(Cc2ccc3c(c2)OCCO3)CC1. The summed E-state index contributed by atoms with van der Waals surface area (Å²) in [4.78, 5) is 27.5. The standard InChI is InChI=1S/C21H23N3O6/c1-28-18-5-3-16(24(26)27)13-17(18)21(25)23-8-6-22(7-9-23)14-15-2-4-19-20(12-15)30-11-10-29-19/h2-5,12-13H,6-11,14H2,1H3. The van der Waals surface area contributed by atoms with Gasteiger partial charge in [-0.2, -0.15) is 0 Å². The Morgan fingerprint density at radius 2 is 1.80 bits per heavy atom. The van der Waals surface area contributed by atoms with E-state index in [4.69, 9.17) is 14.2 Å².